The first kappa shape index (κ1) is 18.9. The highest BCUT2D eigenvalue weighted by Crippen LogP contribution is 2.31. The summed E-state index contributed by atoms with van der Waals surface area (Å²) in [6.45, 7) is 4.27. The van der Waals surface area contributed by atoms with Crippen LogP contribution in [0.15, 0.2) is 60.9 Å². The molecule has 5 rings (SSSR count). The Balaban J connectivity index is 1.69. The van der Waals surface area contributed by atoms with Crippen LogP contribution in [0, 0.1) is 0 Å². The van der Waals surface area contributed by atoms with Crippen molar-refractivity contribution < 1.29 is 4.74 Å². The molecule has 1 aromatic carbocycles. The van der Waals surface area contributed by atoms with E-state index >= 15 is 0 Å². The number of benzene rings is 1. The van der Waals surface area contributed by atoms with Crippen molar-refractivity contribution >= 4 is 28.5 Å². The number of fused-ring (bicyclic) bond motifs is 1. The molecule has 4 aromatic rings. The number of hydrogen-bond donors (Lipinski definition) is 0. The molecule has 1 fully saturated rings. The highest BCUT2D eigenvalue weighted by atomic mass is 35.5. The molecule has 0 radical (unpaired) electrons. The van der Waals surface area contributed by atoms with Gasteiger partial charge in [0.1, 0.15) is 5.82 Å². The van der Waals surface area contributed by atoms with Gasteiger partial charge in [0.25, 0.3) is 0 Å². The molecule has 0 aliphatic carbocycles. The topological polar surface area (TPSA) is 64.0 Å². The fourth-order valence-electron chi connectivity index (χ4n) is 3.66. The third kappa shape index (κ3) is 3.60. The highest BCUT2D eigenvalue weighted by Gasteiger charge is 2.24. The summed E-state index contributed by atoms with van der Waals surface area (Å²) >= 11 is 6.04. The van der Waals surface area contributed by atoms with Crippen LogP contribution in [-0.2, 0) is 4.74 Å². The highest BCUT2D eigenvalue weighted by molar-refractivity contribution is 6.30. The lowest BCUT2D eigenvalue weighted by molar-refractivity contribution is 0.0987. The Hall–Kier alpha value is -3.09. The van der Waals surface area contributed by atoms with Crippen molar-refractivity contribution in [2.24, 2.45) is 0 Å². The number of morpholine rings is 1. The molecule has 30 heavy (non-hydrogen) atoms. The molecule has 1 aliphatic rings. The van der Waals surface area contributed by atoms with E-state index in [-0.39, 0.29) is 6.04 Å². The van der Waals surface area contributed by atoms with E-state index in [0.29, 0.717) is 29.7 Å². The first-order valence-electron chi connectivity index (χ1n) is 9.88. The average Bonchev–Trinajstić information content (AvgIpc) is 2.79. The molecule has 0 N–H and O–H groups in total. The van der Waals surface area contributed by atoms with Gasteiger partial charge in [-0.1, -0.05) is 23.7 Å². The number of ether oxygens (including phenoxy) is 1. The molecule has 1 saturated heterocycles. The van der Waals surface area contributed by atoms with Gasteiger partial charge in [-0.25, -0.2) is 15.0 Å². The van der Waals surface area contributed by atoms with Crippen molar-refractivity contribution in [2.45, 2.75) is 13.0 Å². The zero-order chi connectivity index (χ0) is 20.5. The summed E-state index contributed by atoms with van der Waals surface area (Å²) in [4.78, 5) is 21.1. The smallest absolute Gasteiger partial charge is 0.165 e. The van der Waals surface area contributed by atoms with Crippen LogP contribution in [0.5, 0.6) is 0 Å². The van der Waals surface area contributed by atoms with Crippen LogP contribution in [0.3, 0.4) is 0 Å². The summed E-state index contributed by atoms with van der Waals surface area (Å²) < 4.78 is 5.63. The fraction of sp³-hybridized carbons (Fsp3) is 0.217. The molecule has 7 heteroatoms. The van der Waals surface area contributed by atoms with Crippen LogP contribution < -0.4 is 4.90 Å². The summed E-state index contributed by atoms with van der Waals surface area (Å²) in [5.74, 6) is 1.50. The van der Waals surface area contributed by atoms with Crippen molar-refractivity contribution in [3.05, 3.63) is 65.9 Å². The predicted octanol–water partition coefficient (Wildman–Crippen LogP) is 4.63. The maximum atomic E-state index is 6.04. The van der Waals surface area contributed by atoms with Gasteiger partial charge >= 0.3 is 0 Å². The number of anilines is 1. The van der Waals surface area contributed by atoms with Crippen LogP contribution in [0.25, 0.3) is 33.7 Å². The Morgan fingerprint density at radius 1 is 1.00 bits per heavy atom. The van der Waals surface area contributed by atoms with Gasteiger partial charge in [0.2, 0.25) is 0 Å². The summed E-state index contributed by atoms with van der Waals surface area (Å²) in [5, 5.41) is 1.62. The second-order valence-electron chi connectivity index (χ2n) is 7.30. The molecule has 0 amide bonds. The maximum Gasteiger partial charge on any atom is 0.165 e. The van der Waals surface area contributed by atoms with E-state index in [2.05, 4.69) is 22.9 Å². The van der Waals surface area contributed by atoms with E-state index in [4.69, 9.17) is 31.3 Å². The minimum Gasteiger partial charge on any atom is -0.377 e. The van der Waals surface area contributed by atoms with E-state index in [1.807, 2.05) is 42.5 Å². The Kier molecular flexibility index (Phi) is 5.02. The predicted molar refractivity (Wildman–Crippen MR) is 119 cm³/mol. The minimum absolute atomic E-state index is 0.217. The number of pyridine rings is 2. The first-order valence-corrected chi connectivity index (χ1v) is 10.3. The zero-order valence-electron chi connectivity index (χ0n) is 16.5. The van der Waals surface area contributed by atoms with Crippen LogP contribution in [-0.4, -0.2) is 45.7 Å². The first-order chi connectivity index (χ1) is 14.7. The van der Waals surface area contributed by atoms with E-state index in [0.717, 1.165) is 34.6 Å². The molecule has 0 spiro atoms. The Morgan fingerprint density at radius 3 is 2.63 bits per heavy atom. The number of halogens is 1. The van der Waals surface area contributed by atoms with Gasteiger partial charge in [0, 0.05) is 35.1 Å². The largest absolute Gasteiger partial charge is 0.377 e. The van der Waals surface area contributed by atoms with Crippen molar-refractivity contribution in [1.29, 1.82) is 0 Å². The standard InChI is InChI=1S/C23H20ClN5O/c1-15-14-30-12-11-29(15)23-19-8-9-20(16-4-6-18(24)7-5-16)26-22(19)27-21(28-23)17-3-2-10-25-13-17/h2-10,13,15H,11-12,14H2,1H3/t15-/m0/s1. The van der Waals surface area contributed by atoms with Crippen molar-refractivity contribution in [1.82, 2.24) is 19.9 Å². The van der Waals surface area contributed by atoms with Gasteiger partial charge in [0.05, 0.1) is 30.3 Å². The third-order valence-corrected chi connectivity index (χ3v) is 5.49. The van der Waals surface area contributed by atoms with Crippen molar-refractivity contribution in [2.75, 3.05) is 24.7 Å². The average molecular weight is 418 g/mol. The Morgan fingerprint density at radius 2 is 1.87 bits per heavy atom. The molecule has 0 bridgehead atoms. The lowest BCUT2D eigenvalue weighted by atomic mass is 10.1. The molecule has 6 nitrogen and oxygen atoms in total. The minimum atomic E-state index is 0.217. The van der Waals surface area contributed by atoms with E-state index < -0.39 is 0 Å². The van der Waals surface area contributed by atoms with Crippen LogP contribution in [0.1, 0.15) is 6.92 Å². The van der Waals surface area contributed by atoms with E-state index in [1.54, 1.807) is 12.4 Å². The van der Waals surface area contributed by atoms with Crippen LogP contribution in [0.2, 0.25) is 5.02 Å². The fourth-order valence-corrected chi connectivity index (χ4v) is 3.79. The molecule has 1 atom stereocenters. The number of nitrogens with zero attached hydrogens (tertiary/aromatic N) is 5. The van der Waals surface area contributed by atoms with E-state index in [9.17, 15) is 0 Å². The van der Waals surface area contributed by atoms with Gasteiger partial charge in [-0.2, -0.15) is 0 Å². The van der Waals surface area contributed by atoms with Gasteiger partial charge in [-0.3, -0.25) is 4.98 Å². The molecular weight excluding hydrogens is 398 g/mol. The van der Waals surface area contributed by atoms with Crippen molar-refractivity contribution in [3.8, 4) is 22.6 Å². The number of hydrogen-bond acceptors (Lipinski definition) is 6. The van der Waals surface area contributed by atoms with E-state index in [1.165, 1.54) is 0 Å². The normalized spacial score (nSPS) is 16.7. The molecular formula is C23H20ClN5O. The number of aromatic nitrogens is 4. The SMILES string of the molecule is C[C@H]1COCCN1c1nc(-c2cccnc2)nc2nc(-c3ccc(Cl)cc3)ccc12. The molecule has 3 aromatic heterocycles. The lowest BCUT2D eigenvalue weighted by Crippen LogP contribution is -2.44. The molecule has 150 valence electrons. The summed E-state index contributed by atoms with van der Waals surface area (Å²) in [5.41, 5.74) is 3.35. The third-order valence-electron chi connectivity index (χ3n) is 5.24. The van der Waals surface area contributed by atoms with Gasteiger partial charge in [0.15, 0.2) is 11.5 Å². The van der Waals surface area contributed by atoms with Gasteiger partial charge < -0.3 is 9.64 Å². The molecule has 0 unspecified atom stereocenters. The Bertz CT molecular complexity index is 1180. The van der Waals surface area contributed by atoms with Gasteiger partial charge in [-0.15, -0.1) is 0 Å². The zero-order valence-corrected chi connectivity index (χ0v) is 17.3. The maximum absolute atomic E-state index is 6.04. The molecule has 0 saturated carbocycles. The second kappa shape index (κ2) is 7.97. The molecule has 1 aliphatic heterocycles. The number of rotatable bonds is 3. The second-order valence-corrected chi connectivity index (χ2v) is 7.74. The summed E-state index contributed by atoms with van der Waals surface area (Å²) in [7, 11) is 0. The van der Waals surface area contributed by atoms with Crippen molar-refractivity contribution in [3.63, 3.8) is 0 Å². The summed E-state index contributed by atoms with van der Waals surface area (Å²) in [6.07, 6.45) is 3.52. The van der Waals surface area contributed by atoms with Crippen LogP contribution in [0.4, 0.5) is 5.82 Å². The van der Waals surface area contributed by atoms with Gasteiger partial charge in [-0.05, 0) is 43.3 Å². The molecule has 4 heterocycles. The quantitative estimate of drug-likeness (QED) is 0.484. The monoisotopic (exact) mass is 417 g/mol. The lowest BCUT2D eigenvalue weighted by Gasteiger charge is -2.35. The van der Waals surface area contributed by atoms with Crippen LogP contribution >= 0.6 is 11.6 Å². The Labute approximate surface area is 179 Å². The summed E-state index contributed by atoms with van der Waals surface area (Å²) in [6, 6.07) is 15.8.